The number of carboxylic acid groups (broad SMARTS) is 1. The van der Waals surface area contributed by atoms with Gasteiger partial charge in [0, 0.05) is 37.0 Å². The van der Waals surface area contributed by atoms with Crippen LogP contribution in [0.2, 0.25) is 0 Å². The first-order valence-electron chi connectivity index (χ1n) is 15.1. The lowest BCUT2D eigenvalue weighted by atomic mass is 9.92. The zero-order valence-corrected chi connectivity index (χ0v) is 25.8. The van der Waals surface area contributed by atoms with Crippen molar-refractivity contribution < 1.29 is 28.9 Å². The van der Waals surface area contributed by atoms with E-state index in [0.29, 0.717) is 60.5 Å². The van der Waals surface area contributed by atoms with Gasteiger partial charge in [-0.1, -0.05) is 18.2 Å². The summed E-state index contributed by atoms with van der Waals surface area (Å²) in [6.45, 7) is 12.1. The number of hydrogen-bond acceptors (Lipinski definition) is 8. The Morgan fingerprint density at radius 1 is 1.16 bits per heavy atom. The molecule has 43 heavy (non-hydrogen) atoms. The number of piperidine rings is 1. The number of aromatic nitrogens is 3. The molecule has 2 N–H and O–H groups in total. The number of carbonyl (C=O) groups excluding carboxylic acids is 1. The van der Waals surface area contributed by atoms with Gasteiger partial charge in [-0.15, -0.1) is 0 Å². The fourth-order valence-corrected chi connectivity index (χ4v) is 5.70. The van der Waals surface area contributed by atoms with Crippen molar-refractivity contribution in [1.82, 2.24) is 19.9 Å². The van der Waals surface area contributed by atoms with Crippen LogP contribution < -0.4 is 15.0 Å². The van der Waals surface area contributed by atoms with Gasteiger partial charge in [0.2, 0.25) is 5.91 Å². The highest BCUT2D eigenvalue weighted by Gasteiger charge is 2.37. The molecule has 1 saturated heterocycles. The van der Waals surface area contributed by atoms with E-state index in [9.17, 15) is 14.7 Å². The highest BCUT2D eigenvalue weighted by molar-refractivity contribution is 5.80. The van der Waals surface area contributed by atoms with Crippen molar-refractivity contribution in [1.29, 1.82) is 0 Å². The molecule has 6 rings (SSSR count). The minimum Gasteiger partial charge on any atom is -0.493 e. The molecule has 0 saturated carbocycles. The van der Waals surface area contributed by atoms with Crippen LogP contribution in [0.1, 0.15) is 82.0 Å². The number of ether oxygens (including phenoxy) is 3. The van der Waals surface area contributed by atoms with Crippen LogP contribution in [0.4, 0.5) is 5.82 Å². The zero-order valence-electron chi connectivity index (χ0n) is 25.8. The van der Waals surface area contributed by atoms with Crippen molar-refractivity contribution in [3.63, 3.8) is 0 Å². The number of benzene rings is 1. The molecule has 11 nitrogen and oxygen atoms in total. The number of aliphatic carboxylic acids is 1. The average Bonchev–Trinajstić information content (AvgIpc) is 3.34. The van der Waals surface area contributed by atoms with Crippen LogP contribution in [0.5, 0.6) is 5.75 Å². The normalized spacial score (nSPS) is 19.0. The lowest BCUT2D eigenvalue weighted by molar-refractivity contribution is -0.160. The molecule has 11 heteroatoms. The summed E-state index contributed by atoms with van der Waals surface area (Å²) in [4.78, 5) is 32.5. The van der Waals surface area contributed by atoms with Crippen LogP contribution in [-0.4, -0.2) is 69.1 Å². The Morgan fingerprint density at radius 2 is 1.88 bits per heavy atom. The SMILES string of the molecule is Cc1nc2cc3nn2c(c1[C@H](OC(C)(C)C)C(=O)O)N1CCC(C)(CC1)OCCCCOc1ccccc1CC(=O)NC3. The van der Waals surface area contributed by atoms with Gasteiger partial charge in [-0.2, -0.15) is 9.61 Å². The number of amides is 1. The average molecular weight is 594 g/mol. The minimum absolute atomic E-state index is 0.152. The molecule has 3 aromatic rings. The van der Waals surface area contributed by atoms with Crippen LogP contribution in [0, 0.1) is 6.92 Å². The Bertz CT molecular complexity index is 1470. The third kappa shape index (κ3) is 7.27. The molecule has 1 atom stereocenters. The van der Waals surface area contributed by atoms with Crippen LogP contribution >= 0.6 is 0 Å². The molecule has 232 valence electrons. The number of nitrogens with zero attached hydrogens (tertiary/aromatic N) is 4. The molecule has 0 aliphatic carbocycles. The van der Waals surface area contributed by atoms with E-state index >= 15 is 0 Å². The number of aryl methyl sites for hydroxylation is 1. The summed E-state index contributed by atoms with van der Waals surface area (Å²) in [6.07, 6.45) is 2.16. The summed E-state index contributed by atoms with van der Waals surface area (Å²) >= 11 is 0. The smallest absolute Gasteiger partial charge is 0.337 e. The van der Waals surface area contributed by atoms with Gasteiger partial charge in [-0.25, -0.2) is 9.78 Å². The Morgan fingerprint density at radius 3 is 2.60 bits per heavy atom. The fraction of sp³-hybridized carbons (Fsp3) is 0.562. The van der Waals surface area contributed by atoms with Crippen molar-refractivity contribution in [3.8, 4) is 5.75 Å². The topological polar surface area (TPSA) is 128 Å². The Balaban J connectivity index is 1.55. The standard InChI is InChI=1S/C32H43N5O6/c1-21-27(28(30(39)40)43-31(2,3)4)29-36-14-12-32(5,13-15-36)42-17-9-8-16-41-24-11-7-6-10-22(24)18-26(38)33-20-23-19-25(34-21)37(29)35-23/h6-7,10-11,19,28H,8-9,12-18,20H2,1-5H3,(H,33,38)(H,39,40)/t28-/m0/s1. The highest BCUT2D eigenvalue weighted by Crippen LogP contribution is 2.37. The first-order valence-corrected chi connectivity index (χ1v) is 15.1. The Labute approximate surface area is 252 Å². The van der Waals surface area contributed by atoms with E-state index in [1.54, 1.807) is 4.52 Å². The lowest BCUT2D eigenvalue weighted by Crippen LogP contribution is -2.46. The maximum atomic E-state index is 13.0. The quantitative estimate of drug-likeness (QED) is 0.455. The molecular formula is C32H43N5O6. The third-order valence-electron chi connectivity index (χ3n) is 7.97. The van der Waals surface area contributed by atoms with Crippen LogP contribution in [0.15, 0.2) is 30.3 Å². The first kappa shape index (κ1) is 30.7. The predicted octanol–water partition coefficient (Wildman–Crippen LogP) is 4.39. The van der Waals surface area contributed by atoms with Crippen molar-refractivity contribution in [2.45, 2.75) is 90.6 Å². The van der Waals surface area contributed by atoms with Gasteiger partial charge in [0.1, 0.15) is 11.6 Å². The molecule has 4 bridgehead atoms. The monoisotopic (exact) mass is 593 g/mol. The van der Waals surface area contributed by atoms with E-state index in [-0.39, 0.29) is 24.5 Å². The van der Waals surface area contributed by atoms with Crippen molar-refractivity contribution in [2.75, 3.05) is 31.2 Å². The number of hydrogen-bond donors (Lipinski definition) is 2. The van der Waals surface area contributed by atoms with Gasteiger partial charge >= 0.3 is 5.97 Å². The molecule has 1 aromatic carbocycles. The molecule has 1 amide bonds. The zero-order chi connectivity index (χ0) is 30.8. The van der Waals surface area contributed by atoms with Crippen LogP contribution in [0.25, 0.3) is 5.65 Å². The predicted molar refractivity (Wildman–Crippen MR) is 161 cm³/mol. The second-order valence-electron chi connectivity index (χ2n) is 12.7. The summed E-state index contributed by atoms with van der Waals surface area (Å²) in [5.74, 6) is 0.123. The molecule has 1 fully saturated rings. The minimum atomic E-state index is -1.24. The highest BCUT2D eigenvalue weighted by atomic mass is 16.5. The molecule has 2 aromatic heterocycles. The van der Waals surface area contributed by atoms with Crippen molar-refractivity contribution in [3.05, 3.63) is 52.8 Å². The van der Waals surface area contributed by atoms with E-state index in [0.717, 1.165) is 31.2 Å². The Hall–Kier alpha value is -3.70. The van der Waals surface area contributed by atoms with Gasteiger partial charge in [0.05, 0.1) is 42.0 Å². The van der Waals surface area contributed by atoms with E-state index < -0.39 is 17.7 Å². The Kier molecular flexibility index (Phi) is 8.94. The van der Waals surface area contributed by atoms with Crippen molar-refractivity contribution in [2.24, 2.45) is 0 Å². The third-order valence-corrected chi connectivity index (χ3v) is 7.97. The van der Waals surface area contributed by atoms with Crippen LogP contribution in [0.3, 0.4) is 0 Å². The maximum absolute atomic E-state index is 13.0. The summed E-state index contributed by atoms with van der Waals surface area (Å²) in [5.41, 5.74) is 2.06. The number of fused-ring (bicyclic) bond motifs is 10. The number of carboxylic acids is 1. The number of anilines is 1. The molecule has 5 heterocycles. The fourth-order valence-electron chi connectivity index (χ4n) is 5.70. The molecule has 0 radical (unpaired) electrons. The van der Waals surface area contributed by atoms with Gasteiger partial charge in [0.25, 0.3) is 0 Å². The van der Waals surface area contributed by atoms with Gasteiger partial charge < -0.3 is 29.5 Å². The number of rotatable bonds is 3. The second-order valence-corrected chi connectivity index (χ2v) is 12.7. The largest absolute Gasteiger partial charge is 0.493 e. The molecule has 0 spiro atoms. The van der Waals surface area contributed by atoms with E-state index in [1.165, 1.54) is 0 Å². The lowest BCUT2D eigenvalue weighted by Gasteiger charge is -2.41. The summed E-state index contributed by atoms with van der Waals surface area (Å²) in [7, 11) is 0. The molecule has 3 aliphatic heterocycles. The summed E-state index contributed by atoms with van der Waals surface area (Å²) < 4.78 is 20.2. The number of carbonyl (C=O) groups is 2. The van der Waals surface area contributed by atoms with E-state index in [2.05, 4.69) is 17.1 Å². The molecular weight excluding hydrogens is 550 g/mol. The van der Waals surface area contributed by atoms with Crippen molar-refractivity contribution >= 4 is 23.3 Å². The first-order chi connectivity index (χ1) is 20.4. The molecule has 0 unspecified atom stereocenters. The van der Waals surface area contributed by atoms with Crippen LogP contribution in [-0.2, 0) is 32.0 Å². The molecule has 3 aliphatic rings. The number of para-hydroxylation sites is 1. The van der Waals surface area contributed by atoms with Gasteiger partial charge in [-0.05, 0) is 66.4 Å². The van der Waals surface area contributed by atoms with Gasteiger partial charge in [0.15, 0.2) is 11.8 Å². The summed E-state index contributed by atoms with van der Waals surface area (Å²) in [6, 6.07) is 9.43. The van der Waals surface area contributed by atoms with E-state index in [1.807, 2.05) is 58.0 Å². The second kappa shape index (κ2) is 12.5. The van der Waals surface area contributed by atoms with E-state index in [4.69, 9.17) is 24.3 Å². The maximum Gasteiger partial charge on any atom is 0.337 e. The number of nitrogens with one attached hydrogen (secondary N) is 1. The van der Waals surface area contributed by atoms with Gasteiger partial charge in [-0.3, -0.25) is 4.79 Å². The summed E-state index contributed by atoms with van der Waals surface area (Å²) in [5, 5.41) is 18.1.